The smallest absolute Gasteiger partial charge is 0.175 e. The second-order valence-electron chi connectivity index (χ2n) is 7.44. The van der Waals surface area contributed by atoms with E-state index in [-0.39, 0.29) is 0 Å². The Hall–Kier alpha value is -4.19. The summed E-state index contributed by atoms with van der Waals surface area (Å²) in [7, 11) is 0. The van der Waals surface area contributed by atoms with Gasteiger partial charge in [0.1, 0.15) is 5.82 Å². The molecular weight excluding hydrogens is 384 g/mol. The van der Waals surface area contributed by atoms with Gasteiger partial charge in [0.05, 0.1) is 22.4 Å². The molecule has 0 fully saturated rings. The van der Waals surface area contributed by atoms with Crippen LogP contribution in [-0.4, -0.2) is 19.7 Å². The first-order valence-electron chi connectivity index (χ1n) is 10.2. The van der Waals surface area contributed by atoms with E-state index in [1.54, 1.807) is 0 Å². The summed E-state index contributed by atoms with van der Waals surface area (Å²) in [5.41, 5.74) is 5.69. The molecule has 0 saturated heterocycles. The Bertz CT molecular complexity index is 1340. The van der Waals surface area contributed by atoms with Gasteiger partial charge in [0.2, 0.25) is 0 Å². The van der Waals surface area contributed by atoms with Gasteiger partial charge >= 0.3 is 0 Å². The van der Waals surface area contributed by atoms with Gasteiger partial charge in [0.25, 0.3) is 0 Å². The van der Waals surface area contributed by atoms with Crippen molar-refractivity contribution in [2.75, 3.05) is 10.6 Å². The highest BCUT2D eigenvalue weighted by Gasteiger charge is 2.14. The predicted molar refractivity (Wildman–Crippen MR) is 126 cm³/mol. The Balaban J connectivity index is 1.58. The minimum absolute atomic E-state index is 0.636. The Morgan fingerprint density at radius 1 is 0.677 bits per heavy atom. The molecule has 2 aromatic heterocycles. The molecule has 0 saturated carbocycles. The summed E-state index contributed by atoms with van der Waals surface area (Å²) in [4.78, 5) is 9.68. The van der Waals surface area contributed by atoms with Crippen molar-refractivity contribution in [1.82, 2.24) is 19.7 Å². The number of nitrogens with zero attached hydrogens (tertiary/aromatic N) is 4. The minimum Gasteiger partial charge on any atom is -0.337 e. The van der Waals surface area contributed by atoms with Crippen molar-refractivity contribution in [3.8, 4) is 5.69 Å². The summed E-state index contributed by atoms with van der Waals surface area (Å²) < 4.78 is 1.88. The standard InChI is InChI=1S/C25H22N6/c1-17-12-14-19(15-13-17)26-24-25(28-22-11-7-6-10-21(22)27-24)29-23-16-18(2)30-31(23)20-8-4-3-5-9-20/h3-16H,1-2H3,(H,26,27)(H,28,29). The van der Waals surface area contributed by atoms with Crippen molar-refractivity contribution < 1.29 is 0 Å². The van der Waals surface area contributed by atoms with Crippen LogP contribution in [0.2, 0.25) is 0 Å². The average molecular weight is 406 g/mol. The highest BCUT2D eigenvalue weighted by atomic mass is 15.3. The summed E-state index contributed by atoms with van der Waals surface area (Å²) in [5, 5.41) is 11.5. The van der Waals surface area contributed by atoms with Gasteiger partial charge in [-0.3, -0.25) is 0 Å². The second kappa shape index (κ2) is 7.91. The first kappa shape index (κ1) is 18.8. The van der Waals surface area contributed by atoms with E-state index in [4.69, 9.17) is 9.97 Å². The van der Waals surface area contributed by atoms with Crippen LogP contribution in [0.3, 0.4) is 0 Å². The molecule has 31 heavy (non-hydrogen) atoms. The molecule has 0 aliphatic heterocycles. The van der Waals surface area contributed by atoms with Crippen LogP contribution >= 0.6 is 0 Å². The molecule has 0 radical (unpaired) electrons. The molecule has 6 nitrogen and oxygen atoms in total. The van der Waals surface area contributed by atoms with E-state index in [0.29, 0.717) is 11.6 Å². The van der Waals surface area contributed by atoms with Gasteiger partial charge in [-0.05, 0) is 50.2 Å². The molecular formula is C25H22N6. The van der Waals surface area contributed by atoms with Gasteiger partial charge in [-0.15, -0.1) is 0 Å². The molecule has 2 heterocycles. The zero-order valence-electron chi connectivity index (χ0n) is 17.4. The van der Waals surface area contributed by atoms with Crippen molar-refractivity contribution in [2.45, 2.75) is 13.8 Å². The lowest BCUT2D eigenvalue weighted by Crippen LogP contribution is -2.07. The van der Waals surface area contributed by atoms with Gasteiger partial charge in [-0.25, -0.2) is 14.6 Å². The Morgan fingerprint density at radius 2 is 1.29 bits per heavy atom. The van der Waals surface area contributed by atoms with Gasteiger partial charge in [-0.1, -0.05) is 48.0 Å². The van der Waals surface area contributed by atoms with Gasteiger partial charge in [-0.2, -0.15) is 5.10 Å². The molecule has 5 aromatic rings. The van der Waals surface area contributed by atoms with Crippen molar-refractivity contribution in [3.05, 3.63) is 96.2 Å². The summed E-state index contributed by atoms with van der Waals surface area (Å²) in [6.45, 7) is 4.04. The maximum absolute atomic E-state index is 4.85. The Morgan fingerprint density at radius 3 is 1.97 bits per heavy atom. The largest absolute Gasteiger partial charge is 0.337 e. The quantitative estimate of drug-likeness (QED) is 0.379. The van der Waals surface area contributed by atoms with Gasteiger partial charge in [0.15, 0.2) is 11.6 Å². The van der Waals surface area contributed by atoms with E-state index >= 15 is 0 Å². The third kappa shape index (κ3) is 3.96. The molecule has 0 aliphatic rings. The summed E-state index contributed by atoms with van der Waals surface area (Å²) in [5.74, 6) is 2.11. The zero-order valence-corrected chi connectivity index (χ0v) is 17.4. The number of aryl methyl sites for hydroxylation is 2. The topological polar surface area (TPSA) is 67.7 Å². The number of fused-ring (bicyclic) bond motifs is 1. The lowest BCUT2D eigenvalue weighted by molar-refractivity contribution is 0.868. The molecule has 0 spiro atoms. The van der Waals surface area contributed by atoms with Crippen LogP contribution in [0.4, 0.5) is 23.1 Å². The van der Waals surface area contributed by atoms with Crippen molar-refractivity contribution in [1.29, 1.82) is 0 Å². The molecule has 0 bridgehead atoms. The maximum atomic E-state index is 4.85. The number of nitrogens with one attached hydrogen (secondary N) is 2. The number of hydrogen-bond donors (Lipinski definition) is 2. The predicted octanol–water partition coefficient (Wildman–Crippen LogP) is 5.92. The van der Waals surface area contributed by atoms with Crippen LogP contribution < -0.4 is 10.6 Å². The number of anilines is 4. The number of aromatic nitrogens is 4. The lowest BCUT2D eigenvalue weighted by Gasteiger charge is -2.14. The van der Waals surface area contributed by atoms with E-state index in [0.717, 1.165) is 33.9 Å². The first-order valence-corrected chi connectivity index (χ1v) is 10.2. The number of hydrogen-bond acceptors (Lipinski definition) is 5. The summed E-state index contributed by atoms with van der Waals surface area (Å²) in [6.07, 6.45) is 0. The molecule has 0 unspecified atom stereocenters. The van der Waals surface area contributed by atoms with Gasteiger partial charge in [0, 0.05) is 11.8 Å². The molecule has 2 N–H and O–H groups in total. The molecule has 0 atom stereocenters. The fourth-order valence-electron chi connectivity index (χ4n) is 3.42. The van der Waals surface area contributed by atoms with Crippen molar-refractivity contribution in [2.24, 2.45) is 0 Å². The van der Waals surface area contributed by atoms with Crippen LogP contribution in [0, 0.1) is 13.8 Å². The van der Waals surface area contributed by atoms with Crippen LogP contribution in [0.25, 0.3) is 16.7 Å². The highest BCUT2D eigenvalue weighted by Crippen LogP contribution is 2.29. The molecule has 6 heteroatoms. The third-order valence-corrected chi connectivity index (χ3v) is 4.96. The first-order chi connectivity index (χ1) is 15.2. The SMILES string of the molecule is Cc1ccc(Nc2nc3ccccc3nc2Nc2cc(C)nn2-c2ccccc2)cc1. The van der Waals surface area contributed by atoms with Crippen LogP contribution in [0.1, 0.15) is 11.3 Å². The van der Waals surface area contributed by atoms with Gasteiger partial charge < -0.3 is 10.6 Å². The van der Waals surface area contributed by atoms with Crippen LogP contribution in [0.5, 0.6) is 0 Å². The van der Waals surface area contributed by atoms with E-state index in [1.165, 1.54) is 5.56 Å². The summed E-state index contributed by atoms with van der Waals surface area (Å²) in [6, 6.07) is 28.1. The molecule has 3 aromatic carbocycles. The zero-order chi connectivity index (χ0) is 21.2. The van der Waals surface area contributed by atoms with E-state index in [1.807, 2.05) is 84.4 Å². The maximum Gasteiger partial charge on any atom is 0.175 e. The highest BCUT2D eigenvalue weighted by molar-refractivity contribution is 5.83. The molecule has 0 amide bonds. The lowest BCUT2D eigenvalue weighted by atomic mass is 10.2. The second-order valence-corrected chi connectivity index (χ2v) is 7.44. The van der Waals surface area contributed by atoms with Crippen LogP contribution in [-0.2, 0) is 0 Å². The number of rotatable bonds is 5. The fraction of sp³-hybridized carbons (Fsp3) is 0.0800. The third-order valence-electron chi connectivity index (χ3n) is 4.96. The monoisotopic (exact) mass is 406 g/mol. The van der Waals surface area contributed by atoms with Crippen molar-refractivity contribution in [3.63, 3.8) is 0 Å². The Kier molecular flexibility index (Phi) is 4.80. The number of para-hydroxylation sites is 3. The normalized spacial score (nSPS) is 10.9. The van der Waals surface area contributed by atoms with E-state index in [2.05, 4.69) is 34.8 Å². The Labute approximate surface area is 180 Å². The fourth-order valence-corrected chi connectivity index (χ4v) is 3.42. The minimum atomic E-state index is 0.636. The summed E-state index contributed by atoms with van der Waals surface area (Å²) >= 11 is 0. The van der Waals surface area contributed by atoms with Crippen LogP contribution in [0.15, 0.2) is 84.9 Å². The molecule has 152 valence electrons. The molecule has 0 aliphatic carbocycles. The number of benzene rings is 3. The molecule has 5 rings (SSSR count). The van der Waals surface area contributed by atoms with Crippen molar-refractivity contribution >= 4 is 34.2 Å². The average Bonchev–Trinajstić information content (AvgIpc) is 3.16. The van der Waals surface area contributed by atoms with E-state index < -0.39 is 0 Å². The van der Waals surface area contributed by atoms with E-state index in [9.17, 15) is 0 Å².